The van der Waals surface area contributed by atoms with Gasteiger partial charge in [-0.15, -0.1) is 10.2 Å². The molecule has 0 fully saturated rings. The third-order valence-electron chi connectivity index (χ3n) is 4.08. The van der Waals surface area contributed by atoms with E-state index in [1.807, 2.05) is 30.3 Å². The molecule has 134 valence electrons. The van der Waals surface area contributed by atoms with Crippen molar-refractivity contribution in [2.75, 3.05) is 5.32 Å². The highest BCUT2D eigenvalue weighted by molar-refractivity contribution is 5.52. The number of anilines is 1. The molecular formula is C21H15F2N3O. The molecule has 1 heterocycles. The number of hydrogen-bond donors (Lipinski definition) is 1. The molecule has 1 atom stereocenters. The monoisotopic (exact) mass is 363 g/mol. The van der Waals surface area contributed by atoms with Crippen LogP contribution < -0.4 is 5.32 Å². The predicted molar refractivity (Wildman–Crippen MR) is 98.0 cm³/mol. The van der Waals surface area contributed by atoms with E-state index in [1.165, 1.54) is 18.2 Å². The number of benzene rings is 3. The third-order valence-corrected chi connectivity index (χ3v) is 4.08. The summed E-state index contributed by atoms with van der Waals surface area (Å²) in [5, 5.41) is 11.3. The molecule has 0 unspecified atom stereocenters. The molecule has 27 heavy (non-hydrogen) atoms. The SMILES string of the molecule is Fc1ccc(N[C@@H](c2nnc(-c3ccccc3)o2)c2ccccc2F)cc1. The molecule has 0 aliphatic carbocycles. The molecule has 6 heteroatoms. The molecule has 0 saturated heterocycles. The van der Waals surface area contributed by atoms with Crippen LogP contribution in [-0.4, -0.2) is 10.2 Å². The topological polar surface area (TPSA) is 51.0 Å². The summed E-state index contributed by atoms with van der Waals surface area (Å²) in [6.07, 6.45) is 0. The van der Waals surface area contributed by atoms with E-state index in [0.717, 1.165) is 5.56 Å². The van der Waals surface area contributed by atoms with E-state index in [4.69, 9.17) is 4.42 Å². The second-order valence-electron chi connectivity index (χ2n) is 5.92. The highest BCUT2D eigenvalue weighted by atomic mass is 19.1. The van der Waals surface area contributed by atoms with Crippen molar-refractivity contribution in [3.63, 3.8) is 0 Å². The number of hydrogen-bond acceptors (Lipinski definition) is 4. The fourth-order valence-corrected chi connectivity index (χ4v) is 2.74. The first kappa shape index (κ1) is 16.9. The molecule has 0 saturated carbocycles. The van der Waals surface area contributed by atoms with Crippen LogP contribution in [0.15, 0.2) is 83.3 Å². The van der Waals surface area contributed by atoms with Crippen molar-refractivity contribution >= 4 is 5.69 Å². The van der Waals surface area contributed by atoms with Crippen LogP contribution in [0, 0.1) is 11.6 Å². The maximum absolute atomic E-state index is 14.4. The van der Waals surface area contributed by atoms with E-state index in [-0.39, 0.29) is 11.7 Å². The van der Waals surface area contributed by atoms with Gasteiger partial charge in [-0.25, -0.2) is 8.78 Å². The van der Waals surface area contributed by atoms with E-state index in [2.05, 4.69) is 15.5 Å². The van der Waals surface area contributed by atoms with Gasteiger partial charge in [-0.3, -0.25) is 0 Å². The zero-order chi connectivity index (χ0) is 18.6. The van der Waals surface area contributed by atoms with Gasteiger partial charge in [0.05, 0.1) is 0 Å². The molecule has 0 radical (unpaired) electrons. The lowest BCUT2D eigenvalue weighted by Gasteiger charge is -2.17. The van der Waals surface area contributed by atoms with E-state index in [1.54, 1.807) is 30.3 Å². The van der Waals surface area contributed by atoms with Gasteiger partial charge in [0.15, 0.2) is 0 Å². The second kappa shape index (κ2) is 7.37. The largest absolute Gasteiger partial charge is 0.418 e. The van der Waals surface area contributed by atoms with E-state index in [9.17, 15) is 8.78 Å². The van der Waals surface area contributed by atoms with Gasteiger partial charge >= 0.3 is 0 Å². The van der Waals surface area contributed by atoms with Gasteiger partial charge in [-0.1, -0.05) is 36.4 Å². The average Bonchev–Trinajstić information content (AvgIpc) is 3.19. The van der Waals surface area contributed by atoms with Crippen LogP contribution in [-0.2, 0) is 0 Å². The quantitative estimate of drug-likeness (QED) is 0.528. The Morgan fingerprint density at radius 2 is 1.48 bits per heavy atom. The Hall–Kier alpha value is -3.54. The van der Waals surface area contributed by atoms with Crippen LogP contribution in [0.4, 0.5) is 14.5 Å². The Morgan fingerprint density at radius 1 is 0.778 bits per heavy atom. The normalized spacial score (nSPS) is 11.9. The van der Waals surface area contributed by atoms with Crippen molar-refractivity contribution in [3.05, 3.63) is 102 Å². The fraction of sp³-hybridized carbons (Fsp3) is 0.0476. The minimum absolute atomic E-state index is 0.211. The van der Waals surface area contributed by atoms with Gasteiger partial charge in [0.2, 0.25) is 11.8 Å². The molecule has 0 spiro atoms. The summed E-state index contributed by atoms with van der Waals surface area (Å²) in [6, 6.07) is 20.7. The van der Waals surface area contributed by atoms with Crippen LogP contribution in [0.3, 0.4) is 0 Å². The first-order valence-electron chi connectivity index (χ1n) is 8.36. The van der Waals surface area contributed by atoms with Crippen molar-refractivity contribution in [2.24, 2.45) is 0 Å². The van der Waals surface area contributed by atoms with Gasteiger partial charge in [0.25, 0.3) is 0 Å². The van der Waals surface area contributed by atoms with Crippen LogP contribution in [0.25, 0.3) is 11.5 Å². The fourth-order valence-electron chi connectivity index (χ4n) is 2.74. The summed E-state index contributed by atoms with van der Waals surface area (Å²) in [6.45, 7) is 0. The summed E-state index contributed by atoms with van der Waals surface area (Å²) < 4.78 is 33.4. The van der Waals surface area contributed by atoms with Crippen molar-refractivity contribution in [1.82, 2.24) is 10.2 Å². The molecule has 0 aliphatic heterocycles. The maximum Gasteiger partial charge on any atom is 0.247 e. The molecule has 1 aromatic heterocycles. The molecule has 4 aromatic rings. The first-order valence-corrected chi connectivity index (χ1v) is 8.36. The summed E-state index contributed by atoms with van der Waals surface area (Å²) in [7, 11) is 0. The predicted octanol–water partition coefficient (Wildman–Crippen LogP) is 5.22. The molecule has 0 amide bonds. The summed E-state index contributed by atoms with van der Waals surface area (Å²) >= 11 is 0. The van der Waals surface area contributed by atoms with Gasteiger partial charge < -0.3 is 9.73 Å². The number of aromatic nitrogens is 2. The number of rotatable bonds is 5. The number of nitrogens with one attached hydrogen (secondary N) is 1. The maximum atomic E-state index is 14.4. The number of halogens is 2. The lowest BCUT2D eigenvalue weighted by atomic mass is 10.1. The summed E-state index contributed by atoms with van der Waals surface area (Å²) in [5.74, 6) is -0.208. The molecule has 1 N–H and O–H groups in total. The molecule has 0 aliphatic rings. The van der Waals surface area contributed by atoms with Gasteiger partial charge in [0.1, 0.15) is 17.7 Å². The zero-order valence-corrected chi connectivity index (χ0v) is 14.1. The van der Waals surface area contributed by atoms with E-state index < -0.39 is 11.9 Å². The Morgan fingerprint density at radius 3 is 2.22 bits per heavy atom. The third kappa shape index (κ3) is 3.69. The van der Waals surface area contributed by atoms with Crippen LogP contribution in [0.5, 0.6) is 0 Å². The first-order chi connectivity index (χ1) is 13.2. The smallest absolute Gasteiger partial charge is 0.247 e. The lowest BCUT2D eigenvalue weighted by Crippen LogP contribution is -2.14. The van der Waals surface area contributed by atoms with E-state index >= 15 is 0 Å². The highest BCUT2D eigenvalue weighted by Gasteiger charge is 2.24. The van der Waals surface area contributed by atoms with Gasteiger partial charge in [0, 0.05) is 16.8 Å². The lowest BCUT2D eigenvalue weighted by molar-refractivity contribution is 0.485. The summed E-state index contributed by atoms with van der Waals surface area (Å²) in [5.41, 5.74) is 1.72. The van der Waals surface area contributed by atoms with E-state index in [0.29, 0.717) is 17.1 Å². The highest BCUT2D eigenvalue weighted by Crippen LogP contribution is 2.29. The Kier molecular flexibility index (Phi) is 4.61. The van der Waals surface area contributed by atoms with Crippen LogP contribution >= 0.6 is 0 Å². The van der Waals surface area contributed by atoms with Gasteiger partial charge in [-0.2, -0.15) is 0 Å². The minimum atomic E-state index is -0.721. The Balaban J connectivity index is 1.73. The molecule has 4 nitrogen and oxygen atoms in total. The summed E-state index contributed by atoms with van der Waals surface area (Å²) in [4.78, 5) is 0. The Labute approximate surface area is 154 Å². The second-order valence-corrected chi connectivity index (χ2v) is 5.92. The van der Waals surface area contributed by atoms with Crippen molar-refractivity contribution in [2.45, 2.75) is 6.04 Å². The minimum Gasteiger partial charge on any atom is -0.418 e. The Bertz CT molecular complexity index is 1030. The van der Waals surface area contributed by atoms with Crippen molar-refractivity contribution in [3.8, 4) is 11.5 Å². The molecule has 0 bridgehead atoms. The van der Waals surface area contributed by atoms with Gasteiger partial charge in [-0.05, 0) is 42.5 Å². The van der Waals surface area contributed by atoms with Crippen molar-refractivity contribution in [1.29, 1.82) is 0 Å². The molecule has 3 aromatic carbocycles. The van der Waals surface area contributed by atoms with Crippen LogP contribution in [0.2, 0.25) is 0 Å². The zero-order valence-electron chi connectivity index (χ0n) is 14.1. The average molecular weight is 363 g/mol. The molecular weight excluding hydrogens is 348 g/mol. The van der Waals surface area contributed by atoms with Crippen LogP contribution in [0.1, 0.15) is 17.5 Å². The number of nitrogens with zero attached hydrogens (tertiary/aromatic N) is 2. The van der Waals surface area contributed by atoms with Crippen molar-refractivity contribution < 1.29 is 13.2 Å². The standard InChI is InChI=1S/C21H15F2N3O/c22-15-10-12-16(13-11-15)24-19(17-8-4-5-9-18(17)23)21-26-25-20(27-21)14-6-2-1-3-7-14/h1-13,19,24H/t19-/m1/s1. The molecule has 4 rings (SSSR count).